The highest BCUT2D eigenvalue weighted by Crippen LogP contribution is 2.30. The molecule has 0 aliphatic heterocycles. The average molecular weight is 395 g/mol. The van der Waals surface area contributed by atoms with Gasteiger partial charge in [-0.15, -0.1) is 0 Å². The van der Waals surface area contributed by atoms with Crippen LogP contribution in [0.25, 0.3) is 0 Å². The molecular weight excluding hydrogens is 371 g/mol. The van der Waals surface area contributed by atoms with Gasteiger partial charge in [0.05, 0.1) is 22.8 Å². The van der Waals surface area contributed by atoms with Crippen LogP contribution in [-0.4, -0.2) is 31.0 Å². The van der Waals surface area contributed by atoms with Crippen molar-refractivity contribution in [3.05, 3.63) is 58.1 Å². The van der Waals surface area contributed by atoms with E-state index in [0.717, 1.165) is 17.9 Å². The third kappa shape index (κ3) is 5.37. The number of ether oxygens (including phenoxy) is 1. The third-order valence-corrected chi connectivity index (χ3v) is 5.01. The van der Waals surface area contributed by atoms with Crippen molar-refractivity contribution >= 4 is 34.8 Å². The Kier molecular flexibility index (Phi) is 7.76. The zero-order chi connectivity index (χ0) is 19.1. The van der Waals surface area contributed by atoms with E-state index in [1.807, 2.05) is 18.2 Å². The van der Waals surface area contributed by atoms with Gasteiger partial charge in [-0.25, -0.2) is 0 Å². The maximum Gasteiger partial charge on any atom is 0.225 e. The van der Waals surface area contributed by atoms with Crippen LogP contribution in [0.5, 0.6) is 5.75 Å². The van der Waals surface area contributed by atoms with Gasteiger partial charge in [0.15, 0.2) is 0 Å². The molecule has 0 aliphatic carbocycles. The number of carbonyl (C=O) groups is 1. The summed E-state index contributed by atoms with van der Waals surface area (Å²) in [5, 5.41) is 3.67. The van der Waals surface area contributed by atoms with E-state index >= 15 is 0 Å². The largest absolute Gasteiger partial charge is 0.497 e. The minimum Gasteiger partial charge on any atom is -0.497 e. The second-order valence-electron chi connectivity index (χ2n) is 5.98. The number of amides is 1. The van der Waals surface area contributed by atoms with Crippen molar-refractivity contribution in [3.8, 4) is 5.75 Å². The molecule has 140 valence electrons. The number of hydrogen-bond acceptors (Lipinski definition) is 3. The number of nitrogens with zero attached hydrogens (tertiary/aromatic N) is 1. The second kappa shape index (κ2) is 9.81. The number of carbonyl (C=O) groups excluding carboxylic acids is 1. The molecule has 26 heavy (non-hydrogen) atoms. The fraction of sp³-hybridized carbons (Fsp3) is 0.350. The zero-order valence-electron chi connectivity index (χ0n) is 15.3. The number of hydrogen-bond donors (Lipinski definition) is 1. The molecule has 0 spiro atoms. The molecule has 0 bridgehead atoms. The number of rotatable bonds is 8. The van der Waals surface area contributed by atoms with Crippen molar-refractivity contribution < 1.29 is 9.53 Å². The first-order valence-corrected chi connectivity index (χ1v) is 9.33. The zero-order valence-corrected chi connectivity index (χ0v) is 16.8. The smallest absolute Gasteiger partial charge is 0.225 e. The summed E-state index contributed by atoms with van der Waals surface area (Å²) in [6.07, 6.45) is 0.351. The van der Waals surface area contributed by atoms with Crippen LogP contribution in [0.4, 0.5) is 5.69 Å². The van der Waals surface area contributed by atoms with Crippen molar-refractivity contribution in [1.29, 1.82) is 0 Å². The van der Waals surface area contributed by atoms with Gasteiger partial charge in [-0.05, 0) is 43.3 Å². The van der Waals surface area contributed by atoms with Gasteiger partial charge < -0.3 is 10.1 Å². The fourth-order valence-electron chi connectivity index (χ4n) is 2.80. The number of halogens is 2. The van der Waals surface area contributed by atoms with Crippen LogP contribution < -0.4 is 10.1 Å². The molecular formula is C20H24Cl2N2O2. The lowest BCUT2D eigenvalue weighted by atomic mass is 10.1. The maximum absolute atomic E-state index is 12.3. The molecule has 2 aromatic carbocycles. The van der Waals surface area contributed by atoms with E-state index < -0.39 is 0 Å². The SMILES string of the molecule is CCN(CCC(=O)Nc1c(Cl)cccc1Cl)C(C)c1cccc(OC)c1. The molecule has 1 unspecified atom stereocenters. The molecule has 0 saturated carbocycles. The summed E-state index contributed by atoms with van der Waals surface area (Å²) >= 11 is 12.2. The average Bonchev–Trinajstić information content (AvgIpc) is 2.65. The highest BCUT2D eigenvalue weighted by Gasteiger charge is 2.17. The van der Waals surface area contributed by atoms with Gasteiger partial charge in [0.2, 0.25) is 5.91 Å². The van der Waals surface area contributed by atoms with Crippen LogP contribution in [0, 0.1) is 0 Å². The maximum atomic E-state index is 12.3. The lowest BCUT2D eigenvalue weighted by molar-refractivity contribution is -0.116. The van der Waals surface area contributed by atoms with Gasteiger partial charge in [-0.1, -0.05) is 48.3 Å². The molecule has 0 heterocycles. The molecule has 0 aromatic heterocycles. The second-order valence-corrected chi connectivity index (χ2v) is 6.79. The lowest BCUT2D eigenvalue weighted by Gasteiger charge is -2.28. The first-order chi connectivity index (χ1) is 12.5. The number of para-hydroxylation sites is 1. The molecule has 1 amide bonds. The summed E-state index contributed by atoms with van der Waals surface area (Å²) in [7, 11) is 1.66. The van der Waals surface area contributed by atoms with Crippen molar-refractivity contribution in [2.45, 2.75) is 26.3 Å². The predicted molar refractivity (Wildman–Crippen MR) is 108 cm³/mol. The van der Waals surface area contributed by atoms with Gasteiger partial charge in [-0.2, -0.15) is 0 Å². The Labute approximate surface area is 165 Å². The van der Waals surface area contributed by atoms with Crippen molar-refractivity contribution in [1.82, 2.24) is 4.90 Å². The minimum absolute atomic E-state index is 0.115. The van der Waals surface area contributed by atoms with Crippen LogP contribution >= 0.6 is 23.2 Å². The van der Waals surface area contributed by atoms with Crippen molar-refractivity contribution in [2.75, 3.05) is 25.5 Å². The molecule has 2 aromatic rings. The van der Waals surface area contributed by atoms with Gasteiger partial charge in [0, 0.05) is 19.0 Å². The van der Waals surface area contributed by atoms with Crippen molar-refractivity contribution in [3.63, 3.8) is 0 Å². The Morgan fingerprint density at radius 2 is 1.85 bits per heavy atom. The summed E-state index contributed by atoms with van der Waals surface area (Å²) < 4.78 is 5.30. The molecule has 1 N–H and O–H groups in total. The number of anilines is 1. The van der Waals surface area contributed by atoms with E-state index in [0.29, 0.717) is 28.7 Å². The summed E-state index contributed by atoms with van der Waals surface area (Å²) in [5.41, 5.74) is 1.62. The van der Waals surface area contributed by atoms with Gasteiger partial charge in [0.1, 0.15) is 5.75 Å². The number of nitrogens with one attached hydrogen (secondary N) is 1. The van der Waals surface area contributed by atoms with Crippen LogP contribution in [0.15, 0.2) is 42.5 Å². The van der Waals surface area contributed by atoms with Crippen molar-refractivity contribution in [2.24, 2.45) is 0 Å². The van der Waals surface area contributed by atoms with Gasteiger partial charge in [-0.3, -0.25) is 9.69 Å². The molecule has 0 aliphatic rings. The fourth-order valence-corrected chi connectivity index (χ4v) is 3.29. The first-order valence-electron chi connectivity index (χ1n) is 8.58. The van der Waals surface area contributed by atoms with E-state index in [9.17, 15) is 4.79 Å². The topological polar surface area (TPSA) is 41.6 Å². The molecule has 4 nitrogen and oxygen atoms in total. The summed E-state index contributed by atoms with van der Waals surface area (Å²) in [5.74, 6) is 0.716. The predicted octanol–water partition coefficient (Wildman–Crippen LogP) is 5.41. The highest BCUT2D eigenvalue weighted by molar-refractivity contribution is 6.39. The normalized spacial score (nSPS) is 12.1. The van der Waals surface area contributed by atoms with E-state index in [-0.39, 0.29) is 11.9 Å². The summed E-state index contributed by atoms with van der Waals surface area (Å²) in [6, 6.07) is 13.3. The summed E-state index contributed by atoms with van der Waals surface area (Å²) in [4.78, 5) is 14.6. The molecule has 0 fully saturated rings. The molecule has 0 radical (unpaired) electrons. The van der Waals surface area contributed by atoms with Crippen LogP contribution in [0.2, 0.25) is 10.0 Å². The molecule has 0 saturated heterocycles. The quantitative estimate of drug-likeness (QED) is 0.650. The molecule has 2 rings (SSSR count). The lowest BCUT2D eigenvalue weighted by Crippen LogP contribution is -2.30. The van der Waals surface area contributed by atoms with E-state index in [1.165, 1.54) is 0 Å². The van der Waals surface area contributed by atoms with Crippen LogP contribution in [0.3, 0.4) is 0 Å². The van der Waals surface area contributed by atoms with E-state index in [4.69, 9.17) is 27.9 Å². The molecule has 1 atom stereocenters. The van der Waals surface area contributed by atoms with Gasteiger partial charge >= 0.3 is 0 Å². The van der Waals surface area contributed by atoms with Gasteiger partial charge in [0.25, 0.3) is 0 Å². The first kappa shape index (κ1) is 20.6. The Bertz CT molecular complexity index is 732. The van der Waals surface area contributed by atoms with E-state index in [1.54, 1.807) is 25.3 Å². The monoisotopic (exact) mass is 394 g/mol. The Morgan fingerprint density at radius 1 is 1.19 bits per heavy atom. The number of benzene rings is 2. The highest BCUT2D eigenvalue weighted by atomic mass is 35.5. The van der Waals surface area contributed by atoms with E-state index in [2.05, 4.69) is 30.1 Å². The summed E-state index contributed by atoms with van der Waals surface area (Å²) in [6.45, 7) is 5.67. The Hall–Kier alpha value is -1.75. The Balaban J connectivity index is 1.98. The molecule has 6 heteroatoms. The van der Waals surface area contributed by atoms with Crippen LogP contribution in [0.1, 0.15) is 31.9 Å². The Morgan fingerprint density at radius 3 is 2.46 bits per heavy atom. The van der Waals surface area contributed by atoms with Crippen LogP contribution in [-0.2, 0) is 4.79 Å². The minimum atomic E-state index is -0.115. The third-order valence-electron chi connectivity index (χ3n) is 4.38. The standard InChI is InChI=1S/C20H24Cl2N2O2/c1-4-24(14(2)15-7-5-8-16(13-15)26-3)12-11-19(25)23-20-17(21)9-6-10-18(20)22/h5-10,13-14H,4,11-12H2,1-3H3,(H,23,25). The number of methoxy groups -OCH3 is 1.